The van der Waals surface area contributed by atoms with Gasteiger partial charge < -0.3 is 15.5 Å². The predicted molar refractivity (Wildman–Crippen MR) is 109 cm³/mol. The van der Waals surface area contributed by atoms with Gasteiger partial charge in [-0.15, -0.1) is 0 Å². The summed E-state index contributed by atoms with van der Waals surface area (Å²) in [7, 11) is 2.04. The quantitative estimate of drug-likeness (QED) is 0.739. The molecule has 7 heteroatoms. The van der Waals surface area contributed by atoms with Crippen molar-refractivity contribution in [1.82, 2.24) is 19.4 Å². The number of nitrogens with two attached hydrogens (primary N) is 1. The van der Waals surface area contributed by atoms with E-state index in [0.29, 0.717) is 35.2 Å². The Labute approximate surface area is 163 Å². The zero-order chi connectivity index (χ0) is 19.7. The number of piperazine rings is 1. The van der Waals surface area contributed by atoms with Crippen LogP contribution in [0.2, 0.25) is 0 Å². The van der Waals surface area contributed by atoms with Gasteiger partial charge >= 0.3 is 0 Å². The second kappa shape index (κ2) is 7.53. The van der Waals surface area contributed by atoms with Gasteiger partial charge in [-0.2, -0.15) is 0 Å². The van der Waals surface area contributed by atoms with Crippen molar-refractivity contribution >= 4 is 16.8 Å². The first-order valence-electron chi connectivity index (χ1n) is 9.35. The molecule has 1 aliphatic rings. The van der Waals surface area contributed by atoms with E-state index in [0.717, 1.165) is 13.1 Å². The lowest BCUT2D eigenvalue weighted by atomic mass is 10.1. The Kier molecular flexibility index (Phi) is 4.93. The minimum atomic E-state index is -0.132. The van der Waals surface area contributed by atoms with Crippen molar-refractivity contribution in [3.8, 4) is 5.69 Å². The largest absolute Gasteiger partial charge is 0.332 e. The second-order valence-electron chi connectivity index (χ2n) is 7.13. The molecule has 4 rings (SSSR count). The fourth-order valence-corrected chi connectivity index (χ4v) is 3.66. The molecule has 0 radical (unpaired) electrons. The maximum atomic E-state index is 12.9. The predicted octanol–water partition coefficient (Wildman–Crippen LogP) is 1.10. The number of fused-ring (bicyclic) bond motifs is 1. The lowest BCUT2D eigenvalue weighted by Gasteiger charge is -2.39. The number of carbonyl (C=O) groups excluding carboxylic acids is 1. The molecule has 1 aliphatic heterocycles. The summed E-state index contributed by atoms with van der Waals surface area (Å²) >= 11 is 0. The molecule has 1 atom stereocenters. The summed E-state index contributed by atoms with van der Waals surface area (Å²) in [5.74, 6) is -0.0286. The maximum absolute atomic E-state index is 12.9. The number of para-hydroxylation sites is 1. The lowest BCUT2D eigenvalue weighted by molar-refractivity contribution is 0.0516. The van der Waals surface area contributed by atoms with Crippen LogP contribution in [0.5, 0.6) is 0 Å². The van der Waals surface area contributed by atoms with E-state index in [-0.39, 0.29) is 17.5 Å². The van der Waals surface area contributed by atoms with Gasteiger partial charge in [-0.25, -0.2) is 4.98 Å². The van der Waals surface area contributed by atoms with E-state index in [4.69, 9.17) is 5.73 Å². The van der Waals surface area contributed by atoms with Crippen molar-refractivity contribution in [2.24, 2.45) is 5.73 Å². The normalized spacial score (nSPS) is 17.8. The van der Waals surface area contributed by atoms with Crippen LogP contribution in [0.1, 0.15) is 10.4 Å². The smallest absolute Gasteiger partial charge is 0.265 e. The number of likely N-dealkylation sites (N-methyl/N-ethyl adjacent to an activating group) is 1. The standard InChI is InChI=1S/C21H23N5O2/c1-24-10-11-25(17(12-22)13-24)20(27)15-6-8-16(9-7-15)26-14-23-19-5-3-2-4-18(19)21(26)28/h2-9,14,17H,10-13,22H2,1H3/t17-/m1/s1. The minimum Gasteiger partial charge on any atom is -0.332 e. The molecule has 0 spiro atoms. The minimum absolute atomic E-state index is 0.0123. The number of nitrogens with zero attached hydrogens (tertiary/aromatic N) is 4. The summed E-state index contributed by atoms with van der Waals surface area (Å²) in [5.41, 5.74) is 7.67. The van der Waals surface area contributed by atoms with Crippen LogP contribution in [0.25, 0.3) is 16.6 Å². The van der Waals surface area contributed by atoms with Crippen LogP contribution in [0.4, 0.5) is 0 Å². The van der Waals surface area contributed by atoms with Crippen LogP contribution in [0.3, 0.4) is 0 Å². The van der Waals surface area contributed by atoms with E-state index in [1.807, 2.05) is 30.1 Å². The first-order valence-corrected chi connectivity index (χ1v) is 9.35. The summed E-state index contributed by atoms with van der Waals surface area (Å²) in [4.78, 5) is 34.0. The van der Waals surface area contributed by atoms with Gasteiger partial charge in [0.2, 0.25) is 0 Å². The Morgan fingerprint density at radius 3 is 2.64 bits per heavy atom. The average Bonchev–Trinajstić information content (AvgIpc) is 2.74. The summed E-state index contributed by atoms with van der Waals surface area (Å²) in [6, 6.07) is 14.3. The Hall–Kier alpha value is -3.03. The van der Waals surface area contributed by atoms with E-state index in [2.05, 4.69) is 9.88 Å². The third kappa shape index (κ3) is 3.30. The molecule has 1 saturated heterocycles. The molecular weight excluding hydrogens is 354 g/mol. The summed E-state index contributed by atoms with van der Waals surface area (Å²) in [5, 5.41) is 0.563. The van der Waals surface area contributed by atoms with Crippen LogP contribution in [0, 0.1) is 0 Å². The Morgan fingerprint density at radius 1 is 1.14 bits per heavy atom. The monoisotopic (exact) mass is 377 g/mol. The van der Waals surface area contributed by atoms with Crippen LogP contribution < -0.4 is 11.3 Å². The number of rotatable bonds is 3. The summed E-state index contributed by atoms with van der Waals surface area (Å²) in [6.45, 7) is 2.70. The van der Waals surface area contributed by atoms with Crippen molar-refractivity contribution in [1.29, 1.82) is 0 Å². The van der Waals surface area contributed by atoms with Crippen LogP contribution in [0.15, 0.2) is 59.7 Å². The first kappa shape index (κ1) is 18.3. The molecule has 0 unspecified atom stereocenters. The molecule has 7 nitrogen and oxygen atoms in total. The topological polar surface area (TPSA) is 84.5 Å². The Balaban J connectivity index is 1.62. The highest BCUT2D eigenvalue weighted by Crippen LogP contribution is 2.15. The molecule has 1 amide bonds. The Morgan fingerprint density at radius 2 is 1.89 bits per heavy atom. The number of hydrogen-bond donors (Lipinski definition) is 1. The maximum Gasteiger partial charge on any atom is 0.265 e. The second-order valence-corrected chi connectivity index (χ2v) is 7.13. The molecule has 0 saturated carbocycles. The molecule has 2 aromatic carbocycles. The average molecular weight is 377 g/mol. The molecule has 1 aromatic heterocycles. The van der Waals surface area contributed by atoms with Gasteiger partial charge in [0.05, 0.1) is 22.6 Å². The van der Waals surface area contributed by atoms with Gasteiger partial charge in [0.1, 0.15) is 6.33 Å². The number of amides is 1. The van der Waals surface area contributed by atoms with Gasteiger partial charge in [0.25, 0.3) is 11.5 Å². The van der Waals surface area contributed by atoms with E-state index >= 15 is 0 Å². The number of hydrogen-bond acceptors (Lipinski definition) is 5. The van der Waals surface area contributed by atoms with Gasteiger partial charge in [0, 0.05) is 31.7 Å². The van der Waals surface area contributed by atoms with Crippen LogP contribution >= 0.6 is 0 Å². The summed E-state index contributed by atoms with van der Waals surface area (Å²) in [6.07, 6.45) is 1.52. The van der Waals surface area contributed by atoms with Crippen molar-refractivity contribution < 1.29 is 4.79 Å². The fourth-order valence-electron chi connectivity index (χ4n) is 3.66. The van der Waals surface area contributed by atoms with Crippen molar-refractivity contribution in [2.75, 3.05) is 33.2 Å². The van der Waals surface area contributed by atoms with E-state index in [1.165, 1.54) is 10.9 Å². The van der Waals surface area contributed by atoms with Gasteiger partial charge in [-0.3, -0.25) is 14.2 Å². The van der Waals surface area contributed by atoms with Crippen molar-refractivity contribution in [3.63, 3.8) is 0 Å². The third-order valence-corrected chi connectivity index (χ3v) is 5.28. The molecule has 28 heavy (non-hydrogen) atoms. The lowest BCUT2D eigenvalue weighted by Crippen LogP contribution is -2.56. The molecule has 2 N–H and O–H groups in total. The van der Waals surface area contributed by atoms with Gasteiger partial charge in [-0.1, -0.05) is 12.1 Å². The third-order valence-electron chi connectivity index (χ3n) is 5.28. The van der Waals surface area contributed by atoms with Crippen LogP contribution in [-0.4, -0.2) is 64.5 Å². The molecule has 1 fully saturated rings. The highest BCUT2D eigenvalue weighted by atomic mass is 16.2. The highest BCUT2D eigenvalue weighted by molar-refractivity contribution is 5.94. The molecule has 0 aliphatic carbocycles. The van der Waals surface area contributed by atoms with E-state index in [9.17, 15) is 9.59 Å². The van der Waals surface area contributed by atoms with E-state index in [1.54, 1.807) is 30.3 Å². The molecule has 3 aromatic rings. The number of aromatic nitrogens is 2. The molecule has 2 heterocycles. The van der Waals surface area contributed by atoms with Crippen molar-refractivity contribution in [3.05, 3.63) is 70.8 Å². The SMILES string of the molecule is CN1CCN(C(=O)c2ccc(-n3cnc4ccccc4c3=O)cc2)[C@H](CN)C1. The molecular formula is C21H23N5O2. The van der Waals surface area contributed by atoms with E-state index < -0.39 is 0 Å². The fraction of sp³-hybridized carbons (Fsp3) is 0.286. The molecule has 0 bridgehead atoms. The number of carbonyl (C=O) groups is 1. The zero-order valence-corrected chi connectivity index (χ0v) is 15.8. The highest BCUT2D eigenvalue weighted by Gasteiger charge is 2.28. The van der Waals surface area contributed by atoms with Gasteiger partial charge in [0.15, 0.2) is 0 Å². The first-order chi connectivity index (χ1) is 13.6. The summed E-state index contributed by atoms with van der Waals surface area (Å²) < 4.78 is 1.50. The number of benzene rings is 2. The van der Waals surface area contributed by atoms with Crippen LogP contribution in [-0.2, 0) is 0 Å². The molecule has 144 valence electrons. The van der Waals surface area contributed by atoms with Crippen molar-refractivity contribution in [2.45, 2.75) is 6.04 Å². The zero-order valence-electron chi connectivity index (χ0n) is 15.8. The van der Waals surface area contributed by atoms with Gasteiger partial charge in [-0.05, 0) is 43.4 Å². The Bertz CT molecular complexity index is 1060.